The van der Waals surface area contributed by atoms with Crippen molar-refractivity contribution in [2.75, 3.05) is 32.7 Å². The first-order valence-electron chi connectivity index (χ1n) is 6.81. The fraction of sp³-hybridized carbons (Fsp3) is 0.500. The standard InChI is InChI=1S/C14H19BrN4/c1-11-3-2-4-12-14(15)17-13(19(11)12)5-8-18-9-6-16-7-10-18/h2-4,16H,5-10H2,1H3. The van der Waals surface area contributed by atoms with Gasteiger partial charge in [0.1, 0.15) is 10.4 Å². The van der Waals surface area contributed by atoms with E-state index in [0.717, 1.165) is 55.1 Å². The van der Waals surface area contributed by atoms with Crippen LogP contribution in [0.15, 0.2) is 22.8 Å². The second-order valence-corrected chi connectivity index (χ2v) is 5.80. The van der Waals surface area contributed by atoms with Crippen molar-refractivity contribution in [2.24, 2.45) is 0 Å². The van der Waals surface area contributed by atoms with Gasteiger partial charge in [0.2, 0.25) is 0 Å². The molecule has 1 fully saturated rings. The van der Waals surface area contributed by atoms with Crippen LogP contribution in [0.1, 0.15) is 11.5 Å². The van der Waals surface area contributed by atoms with E-state index in [4.69, 9.17) is 0 Å². The summed E-state index contributed by atoms with van der Waals surface area (Å²) >= 11 is 3.56. The Hall–Kier alpha value is -0.910. The van der Waals surface area contributed by atoms with Crippen molar-refractivity contribution >= 4 is 21.4 Å². The zero-order chi connectivity index (χ0) is 13.2. The summed E-state index contributed by atoms with van der Waals surface area (Å²) in [5.41, 5.74) is 2.40. The molecule has 0 aromatic carbocycles. The van der Waals surface area contributed by atoms with E-state index in [1.54, 1.807) is 0 Å². The summed E-state index contributed by atoms with van der Waals surface area (Å²) < 4.78 is 3.21. The van der Waals surface area contributed by atoms with Crippen LogP contribution in [0.25, 0.3) is 5.52 Å². The van der Waals surface area contributed by atoms with E-state index >= 15 is 0 Å². The van der Waals surface area contributed by atoms with E-state index in [1.165, 1.54) is 5.69 Å². The van der Waals surface area contributed by atoms with Gasteiger partial charge in [-0.2, -0.15) is 0 Å². The van der Waals surface area contributed by atoms with Crippen LogP contribution in [0.4, 0.5) is 0 Å². The number of halogens is 1. The topological polar surface area (TPSA) is 32.6 Å². The molecule has 102 valence electrons. The summed E-state index contributed by atoms with van der Waals surface area (Å²) in [6.45, 7) is 7.71. The molecule has 0 radical (unpaired) electrons. The first kappa shape index (κ1) is 13.1. The Labute approximate surface area is 121 Å². The quantitative estimate of drug-likeness (QED) is 0.936. The molecule has 0 aliphatic carbocycles. The lowest BCUT2D eigenvalue weighted by Gasteiger charge is -2.26. The number of imidazole rings is 1. The lowest BCUT2D eigenvalue weighted by atomic mass is 10.3. The fourth-order valence-electron chi connectivity index (χ4n) is 2.70. The van der Waals surface area contributed by atoms with Crippen LogP contribution in [-0.4, -0.2) is 47.0 Å². The minimum absolute atomic E-state index is 0.950. The van der Waals surface area contributed by atoms with E-state index in [1.807, 2.05) is 0 Å². The van der Waals surface area contributed by atoms with Gasteiger partial charge in [-0.1, -0.05) is 6.07 Å². The van der Waals surface area contributed by atoms with Gasteiger partial charge in [0.15, 0.2) is 0 Å². The Morgan fingerprint density at radius 3 is 2.89 bits per heavy atom. The van der Waals surface area contributed by atoms with Crippen LogP contribution >= 0.6 is 15.9 Å². The van der Waals surface area contributed by atoms with Gasteiger partial charge in [0.25, 0.3) is 0 Å². The summed E-state index contributed by atoms with van der Waals surface area (Å²) in [6, 6.07) is 6.32. The predicted octanol–water partition coefficient (Wildman–Crippen LogP) is 1.85. The second-order valence-electron chi connectivity index (χ2n) is 5.05. The molecule has 4 nitrogen and oxygen atoms in total. The lowest BCUT2D eigenvalue weighted by Crippen LogP contribution is -2.44. The molecule has 1 aliphatic heterocycles. The normalized spacial score (nSPS) is 17.2. The molecule has 2 aromatic rings. The molecule has 1 aliphatic rings. The lowest BCUT2D eigenvalue weighted by molar-refractivity contribution is 0.242. The van der Waals surface area contributed by atoms with Crippen molar-refractivity contribution in [1.82, 2.24) is 19.6 Å². The molecule has 3 heterocycles. The van der Waals surface area contributed by atoms with Crippen molar-refractivity contribution < 1.29 is 0 Å². The highest BCUT2D eigenvalue weighted by atomic mass is 79.9. The number of pyridine rings is 1. The predicted molar refractivity (Wildman–Crippen MR) is 80.6 cm³/mol. The Bertz CT molecular complexity index is 572. The third-order valence-corrected chi connectivity index (χ3v) is 4.33. The molecule has 3 rings (SSSR count). The smallest absolute Gasteiger partial charge is 0.132 e. The van der Waals surface area contributed by atoms with E-state index in [2.05, 4.69) is 60.7 Å². The molecule has 0 unspecified atom stereocenters. The van der Waals surface area contributed by atoms with Crippen LogP contribution in [0, 0.1) is 6.92 Å². The van der Waals surface area contributed by atoms with Crippen LogP contribution in [0.2, 0.25) is 0 Å². The number of aryl methyl sites for hydroxylation is 1. The summed E-state index contributed by atoms with van der Waals surface area (Å²) in [5, 5.41) is 3.39. The molecule has 1 saturated heterocycles. The highest BCUT2D eigenvalue weighted by Gasteiger charge is 2.13. The number of aromatic nitrogens is 2. The zero-order valence-electron chi connectivity index (χ0n) is 11.2. The molecule has 1 N–H and O–H groups in total. The number of hydrogen-bond donors (Lipinski definition) is 1. The van der Waals surface area contributed by atoms with Crippen molar-refractivity contribution in [3.63, 3.8) is 0 Å². The van der Waals surface area contributed by atoms with Crippen LogP contribution < -0.4 is 5.32 Å². The third-order valence-electron chi connectivity index (χ3n) is 3.74. The molecule has 5 heteroatoms. The number of piperazine rings is 1. The maximum Gasteiger partial charge on any atom is 0.132 e. The number of fused-ring (bicyclic) bond motifs is 1. The van der Waals surface area contributed by atoms with Crippen molar-refractivity contribution in [3.05, 3.63) is 34.3 Å². The van der Waals surface area contributed by atoms with E-state index < -0.39 is 0 Å². The zero-order valence-corrected chi connectivity index (χ0v) is 12.8. The minimum Gasteiger partial charge on any atom is -0.314 e. The van der Waals surface area contributed by atoms with Crippen molar-refractivity contribution in [1.29, 1.82) is 0 Å². The second kappa shape index (κ2) is 5.61. The summed E-state index contributed by atoms with van der Waals surface area (Å²) in [7, 11) is 0. The minimum atomic E-state index is 0.950. The van der Waals surface area contributed by atoms with Gasteiger partial charge in [0.05, 0.1) is 5.52 Å². The van der Waals surface area contributed by atoms with Gasteiger partial charge >= 0.3 is 0 Å². The Balaban J connectivity index is 1.80. The van der Waals surface area contributed by atoms with Gasteiger partial charge in [0, 0.05) is 44.8 Å². The van der Waals surface area contributed by atoms with E-state index in [0.29, 0.717) is 0 Å². The first-order chi connectivity index (χ1) is 9.25. The molecule has 0 atom stereocenters. The third kappa shape index (κ3) is 2.68. The fourth-order valence-corrected chi connectivity index (χ4v) is 3.22. The largest absolute Gasteiger partial charge is 0.314 e. The van der Waals surface area contributed by atoms with Gasteiger partial charge in [-0.3, -0.25) is 4.40 Å². The number of hydrogen-bond acceptors (Lipinski definition) is 3. The number of rotatable bonds is 3. The first-order valence-corrected chi connectivity index (χ1v) is 7.60. The van der Waals surface area contributed by atoms with E-state index in [-0.39, 0.29) is 0 Å². The van der Waals surface area contributed by atoms with Gasteiger partial charge in [-0.05, 0) is 35.0 Å². The molecule has 19 heavy (non-hydrogen) atoms. The summed E-state index contributed by atoms with van der Waals surface area (Å²) in [6.07, 6.45) is 0.998. The van der Waals surface area contributed by atoms with Gasteiger partial charge in [-0.25, -0.2) is 4.98 Å². The summed E-state index contributed by atoms with van der Waals surface area (Å²) in [5.74, 6) is 1.15. The molecule has 0 spiro atoms. The maximum atomic E-state index is 4.67. The Morgan fingerprint density at radius 1 is 1.32 bits per heavy atom. The van der Waals surface area contributed by atoms with Crippen LogP contribution in [-0.2, 0) is 6.42 Å². The molecule has 0 bridgehead atoms. The van der Waals surface area contributed by atoms with Crippen molar-refractivity contribution in [3.8, 4) is 0 Å². The molecule has 2 aromatic heterocycles. The number of nitrogens with one attached hydrogen (secondary N) is 1. The maximum absolute atomic E-state index is 4.67. The Kier molecular flexibility index (Phi) is 3.86. The molecule has 0 amide bonds. The highest BCUT2D eigenvalue weighted by molar-refractivity contribution is 9.10. The van der Waals surface area contributed by atoms with Gasteiger partial charge < -0.3 is 10.2 Å². The molecular formula is C14H19BrN4. The van der Waals surface area contributed by atoms with Gasteiger partial charge in [-0.15, -0.1) is 0 Å². The van der Waals surface area contributed by atoms with Crippen LogP contribution in [0.3, 0.4) is 0 Å². The van der Waals surface area contributed by atoms with Crippen molar-refractivity contribution in [2.45, 2.75) is 13.3 Å². The summed E-state index contributed by atoms with van der Waals surface area (Å²) in [4.78, 5) is 7.18. The molecular weight excluding hydrogens is 304 g/mol. The Morgan fingerprint density at radius 2 is 2.11 bits per heavy atom. The van der Waals surface area contributed by atoms with E-state index in [9.17, 15) is 0 Å². The number of nitrogens with zero attached hydrogens (tertiary/aromatic N) is 3. The average molecular weight is 323 g/mol. The SMILES string of the molecule is Cc1cccc2c(Br)nc(CCN3CCNCC3)n12. The molecule has 0 saturated carbocycles. The van der Waals surface area contributed by atoms with Crippen LogP contribution in [0.5, 0.6) is 0 Å². The average Bonchev–Trinajstić information content (AvgIpc) is 2.76. The highest BCUT2D eigenvalue weighted by Crippen LogP contribution is 2.21. The monoisotopic (exact) mass is 322 g/mol.